The molecule has 222 valence electrons. The van der Waals surface area contributed by atoms with Crippen LogP contribution < -0.4 is 0 Å². The lowest BCUT2D eigenvalue weighted by Crippen LogP contribution is -2.02. The molecule has 0 saturated carbocycles. The summed E-state index contributed by atoms with van der Waals surface area (Å²) in [7, 11) is 0. The van der Waals surface area contributed by atoms with Crippen LogP contribution in [0, 0.1) is 25.2 Å². The number of aryl methyl sites for hydroxylation is 2. The van der Waals surface area contributed by atoms with Crippen LogP contribution in [0.5, 0.6) is 0 Å². The smallest absolute Gasteiger partial charge is 0.164 e. The third-order valence-corrected chi connectivity index (χ3v) is 8.61. The molecule has 8 aromatic rings. The Morgan fingerprint density at radius 2 is 1.02 bits per heavy atom. The van der Waals surface area contributed by atoms with Crippen LogP contribution in [0.2, 0.25) is 0 Å². The first-order chi connectivity index (χ1) is 23.1. The number of rotatable bonds is 5. The summed E-state index contributed by atoms with van der Waals surface area (Å²) in [6.07, 6.45) is 0. The van der Waals surface area contributed by atoms with Gasteiger partial charge in [0.2, 0.25) is 0 Å². The minimum Gasteiger partial charge on any atom is -0.309 e. The zero-order valence-electron chi connectivity index (χ0n) is 26.0. The van der Waals surface area contributed by atoms with E-state index in [-0.39, 0.29) is 0 Å². The number of aromatic nitrogens is 4. The highest BCUT2D eigenvalue weighted by atomic mass is 15.0. The zero-order valence-corrected chi connectivity index (χ0v) is 26.0. The summed E-state index contributed by atoms with van der Waals surface area (Å²) in [6.45, 7) is 4.26. The van der Waals surface area contributed by atoms with Gasteiger partial charge in [-0.1, -0.05) is 97.1 Å². The maximum absolute atomic E-state index is 9.54. The van der Waals surface area contributed by atoms with Gasteiger partial charge in [0.1, 0.15) is 0 Å². The van der Waals surface area contributed by atoms with Crippen molar-refractivity contribution in [1.29, 1.82) is 5.26 Å². The van der Waals surface area contributed by atoms with Gasteiger partial charge in [-0.3, -0.25) is 0 Å². The molecule has 5 nitrogen and oxygen atoms in total. The highest BCUT2D eigenvalue weighted by molar-refractivity contribution is 6.09. The van der Waals surface area contributed by atoms with Crippen LogP contribution >= 0.6 is 0 Å². The molecular weight excluding hydrogens is 574 g/mol. The first-order valence-corrected chi connectivity index (χ1v) is 15.6. The molecule has 0 radical (unpaired) electrons. The quantitative estimate of drug-likeness (QED) is 0.196. The Morgan fingerprint density at radius 3 is 1.55 bits per heavy atom. The minimum atomic E-state index is 0.581. The first-order valence-electron chi connectivity index (χ1n) is 15.6. The van der Waals surface area contributed by atoms with Crippen molar-refractivity contribution in [1.82, 2.24) is 19.5 Å². The lowest BCUT2D eigenvalue weighted by atomic mass is 9.97. The van der Waals surface area contributed by atoms with Crippen molar-refractivity contribution in [2.24, 2.45) is 0 Å². The summed E-state index contributed by atoms with van der Waals surface area (Å²) in [5, 5.41) is 12.0. The van der Waals surface area contributed by atoms with Crippen LogP contribution in [0.4, 0.5) is 0 Å². The molecule has 0 spiro atoms. The topological polar surface area (TPSA) is 67.4 Å². The van der Waals surface area contributed by atoms with Gasteiger partial charge >= 0.3 is 0 Å². The molecule has 2 heterocycles. The first kappa shape index (κ1) is 28.1. The number of hydrogen-bond acceptors (Lipinski definition) is 4. The maximum atomic E-state index is 9.54. The fourth-order valence-electron chi connectivity index (χ4n) is 6.28. The Bertz CT molecular complexity index is 2350. The van der Waals surface area contributed by atoms with Crippen molar-refractivity contribution in [3.05, 3.63) is 156 Å². The van der Waals surface area contributed by atoms with Gasteiger partial charge in [0, 0.05) is 33.2 Å². The van der Waals surface area contributed by atoms with Crippen LogP contribution in [-0.4, -0.2) is 19.5 Å². The molecule has 0 bridgehead atoms. The van der Waals surface area contributed by atoms with E-state index < -0.39 is 0 Å². The normalized spacial score (nSPS) is 11.2. The van der Waals surface area contributed by atoms with Gasteiger partial charge in [0.25, 0.3) is 0 Å². The van der Waals surface area contributed by atoms with Gasteiger partial charge in [-0.15, -0.1) is 0 Å². The van der Waals surface area contributed by atoms with E-state index in [9.17, 15) is 5.26 Å². The Labute approximate surface area is 273 Å². The SMILES string of the molecule is Cc1ccc2c3ccc(C)cc3n(-c3ccc(-c4nc(-c5ccccc5)nc(-c5ccccc5)n4)c(-c4ccc(C#N)cc4)c3)c2c1. The van der Waals surface area contributed by atoms with E-state index in [1.807, 2.05) is 84.9 Å². The molecule has 0 aliphatic rings. The maximum Gasteiger partial charge on any atom is 0.164 e. The van der Waals surface area contributed by atoms with Crippen LogP contribution in [0.25, 0.3) is 72.8 Å². The van der Waals surface area contributed by atoms with E-state index >= 15 is 0 Å². The van der Waals surface area contributed by atoms with Crippen molar-refractivity contribution in [2.45, 2.75) is 13.8 Å². The molecule has 0 amide bonds. The van der Waals surface area contributed by atoms with Crippen LogP contribution in [0.15, 0.2) is 140 Å². The van der Waals surface area contributed by atoms with Crippen LogP contribution in [0.3, 0.4) is 0 Å². The van der Waals surface area contributed by atoms with E-state index in [4.69, 9.17) is 15.0 Å². The van der Waals surface area contributed by atoms with E-state index in [0.29, 0.717) is 23.0 Å². The van der Waals surface area contributed by atoms with Crippen molar-refractivity contribution in [3.63, 3.8) is 0 Å². The van der Waals surface area contributed by atoms with Crippen LogP contribution in [-0.2, 0) is 0 Å². The highest BCUT2D eigenvalue weighted by Crippen LogP contribution is 2.38. The fraction of sp³-hybridized carbons (Fsp3) is 0.0476. The second kappa shape index (κ2) is 11.5. The Hall–Kier alpha value is -6.38. The second-order valence-corrected chi connectivity index (χ2v) is 11.8. The van der Waals surface area contributed by atoms with Gasteiger partial charge in [-0.25, -0.2) is 15.0 Å². The molecule has 0 fully saturated rings. The predicted molar refractivity (Wildman–Crippen MR) is 190 cm³/mol. The zero-order chi connectivity index (χ0) is 31.9. The molecule has 6 aromatic carbocycles. The summed E-state index contributed by atoms with van der Waals surface area (Å²) in [6, 6.07) is 49.8. The molecule has 2 aromatic heterocycles. The van der Waals surface area contributed by atoms with Crippen molar-refractivity contribution >= 4 is 21.8 Å². The Kier molecular flexibility index (Phi) is 6.89. The van der Waals surface area contributed by atoms with E-state index in [1.165, 1.54) is 21.9 Å². The molecule has 8 rings (SSSR count). The summed E-state index contributed by atoms with van der Waals surface area (Å²) in [5.74, 6) is 1.80. The Balaban J connectivity index is 1.41. The van der Waals surface area contributed by atoms with Gasteiger partial charge in [0.05, 0.1) is 22.7 Å². The molecule has 0 aliphatic carbocycles. The molecular formula is C42H29N5. The summed E-state index contributed by atoms with van der Waals surface area (Å²) < 4.78 is 2.35. The number of hydrogen-bond donors (Lipinski definition) is 0. The van der Waals surface area contributed by atoms with Gasteiger partial charge < -0.3 is 4.57 Å². The van der Waals surface area contributed by atoms with E-state index in [0.717, 1.165) is 44.5 Å². The van der Waals surface area contributed by atoms with Crippen molar-refractivity contribution in [2.75, 3.05) is 0 Å². The van der Waals surface area contributed by atoms with Gasteiger partial charge in [0.15, 0.2) is 17.5 Å². The Morgan fingerprint density at radius 1 is 0.489 bits per heavy atom. The molecule has 47 heavy (non-hydrogen) atoms. The average Bonchev–Trinajstić information content (AvgIpc) is 3.44. The summed E-state index contributed by atoms with van der Waals surface area (Å²) in [5.41, 5.74) is 11.0. The largest absolute Gasteiger partial charge is 0.309 e. The standard InChI is InChI=1S/C42H29N5/c1-27-13-20-34-35-21-14-28(2)24-39(35)47(38(34)23-27)33-19-22-36(37(25-33)30-17-15-29(26-43)16-18-30)42-45-40(31-9-5-3-6-10-31)44-41(46-42)32-11-7-4-8-12-32/h3-25H,1-2H3. The number of benzene rings is 6. The third-order valence-electron chi connectivity index (χ3n) is 8.61. The molecule has 0 saturated heterocycles. The van der Waals surface area contributed by atoms with E-state index in [1.54, 1.807) is 0 Å². The second-order valence-electron chi connectivity index (χ2n) is 11.8. The average molecular weight is 604 g/mol. The highest BCUT2D eigenvalue weighted by Gasteiger charge is 2.19. The lowest BCUT2D eigenvalue weighted by molar-refractivity contribution is 1.07. The van der Waals surface area contributed by atoms with Crippen molar-refractivity contribution < 1.29 is 0 Å². The molecule has 0 N–H and O–H groups in total. The van der Waals surface area contributed by atoms with Gasteiger partial charge in [-0.2, -0.15) is 5.26 Å². The molecule has 0 aliphatic heterocycles. The number of nitriles is 1. The minimum absolute atomic E-state index is 0.581. The third kappa shape index (κ3) is 5.12. The monoisotopic (exact) mass is 603 g/mol. The fourth-order valence-corrected chi connectivity index (χ4v) is 6.28. The molecule has 0 atom stereocenters. The summed E-state index contributed by atoms with van der Waals surface area (Å²) in [4.78, 5) is 15.0. The number of nitrogens with zero attached hydrogens (tertiary/aromatic N) is 5. The predicted octanol–water partition coefficient (Wildman–Crippen LogP) is 10.1. The summed E-state index contributed by atoms with van der Waals surface area (Å²) >= 11 is 0. The van der Waals surface area contributed by atoms with Crippen LogP contribution in [0.1, 0.15) is 16.7 Å². The number of fused-ring (bicyclic) bond motifs is 3. The van der Waals surface area contributed by atoms with Crippen molar-refractivity contribution in [3.8, 4) is 57.0 Å². The molecule has 5 heteroatoms. The lowest BCUT2D eigenvalue weighted by Gasteiger charge is -2.16. The van der Waals surface area contributed by atoms with Gasteiger partial charge in [-0.05, 0) is 78.6 Å². The van der Waals surface area contributed by atoms with E-state index in [2.05, 4.69) is 79.1 Å². The molecule has 0 unspecified atom stereocenters.